The summed E-state index contributed by atoms with van der Waals surface area (Å²) in [6.45, 7) is 0.410. The van der Waals surface area contributed by atoms with Gasteiger partial charge in [-0.15, -0.1) is 24.8 Å². The Bertz CT molecular complexity index is 257. The second kappa shape index (κ2) is 7.21. The van der Waals surface area contributed by atoms with Crippen LogP contribution in [0.5, 0.6) is 5.88 Å². The predicted octanol–water partition coefficient (Wildman–Crippen LogP) is 2.05. The van der Waals surface area contributed by atoms with Crippen molar-refractivity contribution in [3.63, 3.8) is 0 Å². The zero-order valence-corrected chi connectivity index (χ0v) is 9.38. The van der Waals surface area contributed by atoms with Gasteiger partial charge in [0.2, 0.25) is 5.88 Å². The van der Waals surface area contributed by atoms with Gasteiger partial charge in [-0.2, -0.15) is 0 Å². The van der Waals surface area contributed by atoms with Gasteiger partial charge in [-0.1, -0.05) is 11.6 Å². The molecule has 1 rings (SSSR count). The Balaban J connectivity index is 0. The Morgan fingerprint density at radius 2 is 2.08 bits per heavy atom. The normalized spacial score (nSPS) is 8.23. The van der Waals surface area contributed by atoms with E-state index in [0.29, 0.717) is 17.6 Å². The number of rotatable bonds is 2. The second-order valence-electron chi connectivity index (χ2n) is 2.01. The molecule has 0 radical (unpaired) electrons. The van der Waals surface area contributed by atoms with Gasteiger partial charge >= 0.3 is 0 Å². The van der Waals surface area contributed by atoms with Gasteiger partial charge in [-0.25, -0.2) is 4.98 Å². The first-order chi connectivity index (χ1) is 5.27. The van der Waals surface area contributed by atoms with Crippen LogP contribution >= 0.6 is 36.4 Å². The van der Waals surface area contributed by atoms with Gasteiger partial charge in [0.1, 0.15) is 5.15 Å². The van der Waals surface area contributed by atoms with Gasteiger partial charge in [0.05, 0.1) is 7.11 Å². The lowest BCUT2D eigenvalue weighted by Crippen LogP contribution is -2.01. The van der Waals surface area contributed by atoms with E-state index >= 15 is 0 Å². The molecular formula is C7H11Cl3N2O. The van der Waals surface area contributed by atoms with Gasteiger partial charge in [-0.05, 0) is 12.1 Å². The SMILES string of the molecule is COc1nc(Cl)ccc1CN.Cl.Cl. The number of nitrogens with two attached hydrogens (primary N) is 1. The Morgan fingerprint density at radius 1 is 1.46 bits per heavy atom. The molecule has 6 heteroatoms. The summed E-state index contributed by atoms with van der Waals surface area (Å²) >= 11 is 5.62. The van der Waals surface area contributed by atoms with Gasteiger partial charge in [0.15, 0.2) is 0 Å². The summed E-state index contributed by atoms with van der Waals surface area (Å²) in [7, 11) is 1.54. The highest BCUT2D eigenvalue weighted by Gasteiger charge is 2.01. The Labute approximate surface area is 94.4 Å². The standard InChI is InChI=1S/C7H9ClN2O.2ClH/c1-11-7-5(4-9)2-3-6(8)10-7;;/h2-3H,4,9H2,1H3;2*1H. The topological polar surface area (TPSA) is 48.1 Å². The van der Waals surface area contributed by atoms with Crippen molar-refractivity contribution < 1.29 is 4.74 Å². The van der Waals surface area contributed by atoms with Crippen LogP contribution in [-0.2, 0) is 6.54 Å². The number of hydrogen-bond acceptors (Lipinski definition) is 3. The third kappa shape index (κ3) is 4.00. The summed E-state index contributed by atoms with van der Waals surface area (Å²) < 4.78 is 4.94. The number of hydrogen-bond donors (Lipinski definition) is 1. The molecule has 0 spiro atoms. The highest BCUT2D eigenvalue weighted by Crippen LogP contribution is 2.17. The molecule has 0 unspecified atom stereocenters. The summed E-state index contributed by atoms with van der Waals surface area (Å²) in [5, 5.41) is 0.416. The zero-order chi connectivity index (χ0) is 8.27. The van der Waals surface area contributed by atoms with Gasteiger partial charge in [-0.3, -0.25) is 0 Å². The molecule has 0 atom stereocenters. The van der Waals surface area contributed by atoms with E-state index in [2.05, 4.69) is 4.98 Å². The number of aromatic nitrogens is 1. The minimum atomic E-state index is 0. The van der Waals surface area contributed by atoms with Crippen LogP contribution in [0.15, 0.2) is 12.1 Å². The fourth-order valence-electron chi connectivity index (χ4n) is 0.779. The van der Waals surface area contributed by atoms with Crippen LogP contribution in [0.4, 0.5) is 0 Å². The van der Waals surface area contributed by atoms with E-state index in [9.17, 15) is 0 Å². The number of nitrogens with zero attached hydrogens (tertiary/aromatic N) is 1. The van der Waals surface area contributed by atoms with E-state index < -0.39 is 0 Å². The van der Waals surface area contributed by atoms with Crippen LogP contribution in [0.2, 0.25) is 5.15 Å². The molecule has 0 amide bonds. The Kier molecular flexibility index (Phi) is 8.46. The number of ether oxygens (including phenoxy) is 1. The number of pyridine rings is 1. The van der Waals surface area contributed by atoms with E-state index in [0.717, 1.165) is 5.56 Å². The molecule has 13 heavy (non-hydrogen) atoms. The molecule has 0 aliphatic rings. The quantitative estimate of drug-likeness (QED) is 0.811. The van der Waals surface area contributed by atoms with Crippen LogP contribution < -0.4 is 10.5 Å². The monoisotopic (exact) mass is 244 g/mol. The summed E-state index contributed by atoms with van der Waals surface area (Å²) in [4.78, 5) is 3.93. The highest BCUT2D eigenvalue weighted by molar-refractivity contribution is 6.29. The molecule has 76 valence electrons. The van der Waals surface area contributed by atoms with E-state index in [-0.39, 0.29) is 24.8 Å². The van der Waals surface area contributed by atoms with Crippen LogP contribution in [0, 0.1) is 0 Å². The van der Waals surface area contributed by atoms with Crippen LogP contribution in [0.1, 0.15) is 5.56 Å². The fourth-order valence-corrected chi connectivity index (χ4v) is 0.919. The minimum Gasteiger partial charge on any atom is -0.481 e. The predicted molar refractivity (Wildman–Crippen MR) is 58.2 cm³/mol. The van der Waals surface area contributed by atoms with Crippen LogP contribution in [0.3, 0.4) is 0 Å². The maximum atomic E-state index is 5.62. The van der Waals surface area contributed by atoms with Crippen molar-refractivity contribution in [1.82, 2.24) is 4.98 Å². The molecule has 0 aliphatic heterocycles. The lowest BCUT2D eigenvalue weighted by molar-refractivity contribution is 0.393. The maximum Gasteiger partial charge on any atom is 0.218 e. The first kappa shape index (κ1) is 15.3. The molecule has 2 N–H and O–H groups in total. The lowest BCUT2D eigenvalue weighted by atomic mass is 10.3. The molecule has 1 heterocycles. The smallest absolute Gasteiger partial charge is 0.218 e. The molecule has 0 saturated heterocycles. The first-order valence-corrected chi connectivity index (χ1v) is 3.55. The molecule has 0 aliphatic carbocycles. The van der Waals surface area contributed by atoms with Crippen molar-refractivity contribution in [3.05, 3.63) is 22.8 Å². The molecular weight excluding hydrogens is 234 g/mol. The second-order valence-corrected chi connectivity index (χ2v) is 2.39. The Morgan fingerprint density at radius 3 is 2.54 bits per heavy atom. The van der Waals surface area contributed by atoms with E-state index in [1.165, 1.54) is 7.11 Å². The van der Waals surface area contributed by atoms with E-state index in [1.54, 1.807) is 12.1 Å². The number of methoxy groups -OCH3 is 1. The van der Waals surface area contributed by atoms with Crippen molar-refractivity contribution in [2.75, 3.05) is 7.11 Å². The van der Waals surface area contributed by atoms with Gasteiger partial charge < -0.3 is 10.5 Å². The zero-order valence-electron chi connectivity index (χ0n) is 6.99. The maximum absolute atomic E-state index is 5.62. The summed E-state index contributed by atoms with van der Waals surface area (Å²) in [6.07, 6.45) is 0. The van der Waals surface area contributed by atoms with Crippen molar-refractivity contribution >= 4 is 36.4 Å². The van der Waals surface area contributed by atoms with Crippen LogP contribution in [0.25, 0.3) is 0 Å². The molecule has 1 aromatic heterocycles. The van der Waals surface area contributed by atoms with Crippen molar-refractivity contribution in [1.29, 1.82) is 0 Å². The summed E-state index contributed by atoms with van der Waals surface area (Å²) in [6, 6.07) is 3.49. The molecule has 1 aromatic rings. The first-order valence-electron chi connectivity index (χ1n) is 3.17. The van der Waals surface area contributed by atoms with Gasteiger partial charge in [0.25, 0.3) is 0 Å². The van der Waals surface area contributed by atoms with E-state index in [1.807, 2.05) is 0 Å². The lowest BCUT2D eigenvalue weighted by Gasteiger charge is -2.03. The van der Waals surface area contributed by atoms with Crippen molar-refractivity contribution in [3.8, 4) is 5.88 Å². The molecule has 3 nitrogen and oxygen atoms in total. The van der Waals surface area contributed by atoms with Crippen LogP contribution in [-0.4, -0.2) is 12.1 Å². The van der Waals surface area contributed by atoms with Crippen molar-refractivity contribution in [2.45, 2.75) is 6.54 Å². The Hall–Kier alpha value is -0.220. The number of halogens is 3. The highest BCUT2D eigenvalue weighted by atomic mass is 35.5. The fraction of sp³-hybridized carbons (Fsp3) is 0.286. The minimum absolute atomic E-state index is 0. The largest absolute Gasteiger partial charge is 0.481 e. The third-order valence-electron chi connectivity index (χ3n) is 1.32. The van der Waals surface area contributed by atoms with Crippen molar-refractivity contribution in [2.24, 2.45) is 5.73 Å². The molecule has 0 bridgehead atoms. The summed E-state index contributed by atoms with van der Waals surface area (Å²) in [5.41, 5.74) is 6.27. The molecule has 0 fully saturated rings. The third-order valence-corrected chi connectivity index (χ3v) is 1.53. The van der Waals surface area contributed by atoms with E-state index in [4.69, 9.17) is 22.1 Å². The average Bonchev–Trinajstić information content (AvgIpc) is 2.04. The average molecular weight is 246 g/mol. The molecule has 0 aromatic carbocycles. The summed E-state index contributed by atoms with van der Waals surface area (Å²) in [5.74, 6) is 0.500. The molecule has 0 saturated carbocycles. The van der Waals surface area contributed by atoms with Gasteiger partial charge in [0, 0.05) is 12.1 Å².